The third-order valence-electron chi connectivity index (χ3n) is 6.38. The van der Waals surface area contributed by atoms with Gasteiger partial charge in [0.2, 0.25) is 5.78 Å². The van der Waals surface area contributed by atoms with Crippen LogP contribution in [-0.2, 0) is 16.0 Å². The maximum absolute atomic E-state index is 13.3. The van der Waals surface area contributed by atoms with Crippen molar-refractivity contribution in [1.82, 2.24) is 0 Å². The molecule has 0 heterocycles. The number of phenols is 1. The van der Waals surface area contributed by atoms with Gasteiger partial charge in [0.1, 0.15) is 22.8 Å². The summed E-state index contributed by atoms with van der Waals surface area (Å²) in [7, 11) is 0. The number of hydrogen-bond donors (Lipinski definition) is 6. The van der Waals surface area contributed by atoms with Crippen molar-refractivity contribution in [3.05, 3.63) is 45.7 Å². The van der Waals surface area contributed by atoms with Gasteiger partial charge in [-0.1, -0.05) is 0 Å². The number of carbonyl (C=O) groups excluding carboxylic acids is 3. The monoisotopic (exact) mass is 412 g/mol. The summed E-state index contributed by atoms with van der Waals surface area (Å²) in [6.07, 6.45) is 0.0172. The number of allylic oxidation sites excluding steroid dienone is 1. The predicted molar refractivity (Wildman–Crippen MR) is 104 cm³/mol. The molecule has 4 rings (SSSR count). The van der Waals surface area contributed by atoms with Gasteiger partial charge in [0.05, 0.1) is 11.3 Å². The molecule has 7 N–H and O–H groups in total. The number of rotatable bonds is 2. The van der Waals surface area contributed by atoms with E-state index in [9.17, 15) is 34.8 Å². The first-order chi connectivity index (χ1) is 14.0. The molecule has 3 aliphatic carbocycles. The molecule has 9 nitrogen and oxygen atoms in total. The Morgan fingerprint density at radius 1 is 1.20 bits per heavy atom. The molecule has 0 unspecified atom stereocenters. The number of aliphatic hydroxyl groups is 3. The molecule has 0 aliphatic heterocycles. The van der Waals surface area contributed by atoms with Crippen molar-refractivity contribution in [2.24, 2.45) is 17.6 Å². The van der Waals surface area contributed by atoms with E-state index in [0.29, 0.717) is 11.1 Å². The van der Waals surface area contributed by atoms with Gasteiger partial charge in [-0.25, -0.2) is 0 Å². The van der Waals surface area contributed by atoms with Crippen LogP contribution in [0.2, 0.25) is 0 Å². The molecule has 1 fully saturated rings. The third kappa shape index (κ3) is 2.38. The molecule has 0 radical (unpaired) electrons. The second kappa shape index (κ2) is 6.27. The Balaban J connectivity index is 1.93. The summed E-state index contributed by atoms with van der Waals surface area (Å²) in [6.45, 7) is 1.35. The largest absolute Gasteiger partial charge is 0.511 e. The molecule has 0 bridgehead atoms. The van der Waals surface area contributed by atoms with Gasteiger partial charge in [0.15, 0.2) is 11.4 Å². The number of phenolic OH excluding ortho intramolecular Hbond substituents is 1. The lowest BCUT2D eigenvalue weighted by Crippen LogP contribution is -2.61. The second-order valence-corrected chi connectivity index (χ2v) is 8.00. The highest BCUT2D eigenvalue weighted by Crippen LogP contribution is 2.51. The molecule has 9 heteroatoms. The minimum atomic E-state index is -2.44. The number of amides is 1. The highest BCUT2D eigenvalue weighted by molar-refractivity contribution is 6.33. The van der Waals surface area contributed by atoms with Crippen LogP contribution >= 0.6 is 0 Å². The summed E-state index contributed by atoms with van der Waals surface area (Å²) in [5, 5.41) is 50.8. The molecular weight excluding hydrogens is 392 g/mol. The SMILES string of the molecule is CC(=O)c1ccc(O)c2c1C[C@H]1C[C@H]3CC(O)=C(C(N)=O)C(=N)[C@@]3(O)C(=O)C1=C2O. The first-order valence-corrected chi connectivity index (χ1v) is 9.37. The van der Waals surface area contributed by atoms with E-state index in [0.717, 1.165) is 0 Å². The van der Waals surface area contributed by atoms with Crippen molar-refractivity contribution in [3.63, 3.8) is 0 Å². The number of hydrogen-bond acceptors (Lipinski definition) is 8. The first-order valence-electron chi connectivity index (χ1n) is 9.37. The number of primary amides is 1. The fourth-order valence-corrected chi connectivity index (χ4v) is 5.00. The van der Waals surface area contributed by atoms with Gasteiger partial charge in [-0.15, -0.1) is 0 Å². The van der Waals surface area contributed by atoms with E-state index in [1.165, 1.54) is 19.1 Å². The Morgan fingerprint density at radius 2 is 1.87 bits per heavy atom. The van der Waals surface area contributed by atoms with Crippen molar-refractivity contribution >= 4 is 28.9 Å². The molecule has 3 aliphatic rings. The summed E-state index contributed by atoms with van der Waals surface area (Å²) in [6, 6.07) is 2.69. The molecule has 1 aromatic rings. The third-order valence-corrected chi connectivity index (χ3v) is 6.38. The standard InChI is InChI=1S/C21H20N2O7/c1-7(24)10-2-3-12(25)15-11(10)5-8-4-9-6-13(26)16(20(23)29)18(22)21(9,30)19(28)14(8)17(15)27/h2-3,8-9,22,25-27,30H,4-6H2,1H3,(H2,23,29)/t8-,9+,21-/m1/s1. The molecule has 1 saturated carbocycles. The highest BCUT2D eigenvalue weighted by atomic mass is 16.3. The zero-order chi connectivity index (χ0) is 22.1. The van der Waals surface area contributed by atoms with E-state index in [1.54, 1.807) is 0 Å². The average molecular weight is 412 g/mol. The Kier molecular flexibility index (Phi) is 4.14. The summed E-state index contributed by atoms with van der Waals surface area (Å²) in [4.78, 5) is 37.0. The smallest absolute Gasteiger partial charge is 0.254 e. The van der Waals surface area contributed by atoms with Gasteiger partial charge < -0.3 is 31.6 Å². The second-order valence-electron chi connectivity index (χ2n) is 8.00. The predicted octanol–water partition coefficient (Wildman–Crippen LogP) is 1.08. The molecule has 1 amide bonds. The number of fused-ring (bicyclic) bond motifs is 3. The number of benzene rings is 1. The van der Waals surface area contributed by atoms with Crippen LogP contribution in [0.3, 0.4) is 0 Å². The quantitative estimate of drug-likeness (QED) is 0.393. The molecule has 30 heavy (non-hydrogen) atoms. The van der Waals surface area contributed by atoms with Crippen molar-refractivity contribution in [3.8, 4) is 5.75 Å². The lowest BCUT2D eigenvalue weighted by atomic mass is 9.58. The molecule has 156 valence electrons. The van der Waals surface area contributed by atoms with Crippen molar-refractivity contribution in [2.75, 3.05) is 0 Å². The van der Waals surface area contributed by atoms with Gasteiger partial charge in [-0.2, -0.15) is 0 Å². The number of carbonyl (C=O) groups is 3. The van der Waals surface area contributed by atoms with Crippen LogP contribution in [0.4, 0.5) is 0 Å². The number of aliphatic hydroxyl groups excluding tert-OH is 2. The van der Waals surface area contributed by atoms with Gasteiger partial charge in [-0.05, 0) is 43.4 Å². The van der Waals surface area contributed by atoms with Crippen LogP contribution in [0.15, 0.2) is 29.0 Å². The van der Waals surface area contributed by atoms with Crippen LogP contribution in [0.25, 0.3) is 5.76 Å². The van der Waals surface area contributed by atoms with Gasteiger partial charge in [0.25, 0.3) is 5.91 Å². The number of ketones is 2. The summed E-state index contributed by atoms with van der Waals surface area (Å²) in [5.41, 5.74) is 1.83. The first kappa shape index (κ1) is 19.8. The fraction of sp³-hybridized carbons (Fsp3) is 0.333. The van der Waals surface area contributed by atoms with Gasteiger partial charge in [-0.3, -0.25) is 14.4 Å². The Labute approximate surface area is 170 Å². The van der Waals surface area contributed by atoms with Crippen LogP contribution in [0.5, 0.6) is 5.75 Å². The highest BCUT2D eigenvalue weighted by Gasteiger charge is 2.59. The topological polar surface area (TPSA) is 182 Å². The molecule has 3 atom stereocenters. The molecular formula is C21H20N2O7. The number of nitrogens with two attached hydrogens (primary N) is 1. The molecule has 0 saturated heterocycles. The number of nitrogens with one attached hydrogen (secondary N) is 1. The van der Waals surface area contributed by atoms with Crippen LogP contribution in [0, 0.1) is 17.2 Å². The van der Waals surface area contributed by atoms with E-state index in [1.807, 2.05) is 0 Å². The van der Waals surface area contributed by atoms with E-state index >= 15 is 0 Å². The van der Waals surface area contributed by atoms with E-state index in [-0.39, 0.29) is 41.9 Å². The summed E-state index contributed by atoms with van der Waals surface area (Å²) in [5.74, 6) is -5.27. The van der Waals surface area contributed by atoms with Crippen molar-refractivity contribution in [2.45, 2.75) is 31.8 Å². The zero-order valence-electron chi connectivity index (χ0n) is 16.0. The Morgan fingerprint density at radius 3 is 2.47 bits per heavy atom. The van der Waals surface area contributed by atoms with Gasteiger partial charge >= 0.3 is 0 Å². The Hall–Kier alpha value is -3.46. The summed E-state index contributed by atoms with van der Waals surface area (Å²) < 4.78 is 0. The zero-order valence-corrected chi connectivity index (χ0v) is 16.0. The lowest BCUT2D eigenvalue weighted by Gasteiger charge is -2.47. The maximum Gasteiger partial charge on any atom is 0.254 e. The van der Waals surface area contributed by atoms with Crippen LogP contribution in [-0.4, -0.2) is 49.2 Å². The van der Waals surface area contributed by atoms with Crippen LogP contribution in [0.1, 0.15) is 41.3 Å². The normalized spacial score (nSPS) is 28.1. The number of Topliss-reactive ketones (excluding diaryl/α,β-unsaturated/α-hetero) is 2. The lowest BCUT2D eigenvalue weighted by molar-refractivity contribution is -0.136. The maximum atomic E-state index is 13.3. The number of aromatic hydroxyl groups is 1. The summed E-state index contributed by atoms with van der Waals surface area (Å²) >= 11 is 0. The van der Waals surface area contributed by atoms with E-state index in [4.69, 9.17) is 11.1 Å². The fourth-order valence-electron chi connectivity index (χ4n) is 5.00. The van der Waals surface area contributed by atoms with Crippen LogP contribution < -0.4 is 5.73 Å². The van der Waals surface area contributed by atoms with Crippen molar-refractivity contribution < 1.29 is 34.8 Å². The molecule has 0 spiro atoms. The average Bonchev–Trinajstić information content (AvgIpc) is 2.64. The minimum Gasteiger partial charge on any atom is -0.511 e. The minimum absolute atomic E-state index is 0.0554. The van der Waals surface area contributed by atoms with Crippen molar-refractivity contribution in [1.29, 1.82) is 5.41 Å². The van der Waals surface area contributed by atoms with E-state index in [2.05, 4.69) is 0 Å². The molecule has 0 aromatic heterocycles. The van der Waals surface area contributed by atoms with E-state index < -0.39 is 51.9 Å². The molecule has 1 aromatic carbocycles. The Bertz CT molecular complexity index is 1130. The van der Waals surface area contributed by atoms with Gasteiger partial charge in [0, 0.05) is 23.5 Å².